The summed E-state index contributed by atoms with van der Waals surface area (Å²) < 4.78 is 0. The molecular formula is C13H16N4. The minimum Gasteiger partial charge on any atom is -0.368 e. The molecule has 0 aliphatic rings. The van der Waals surface area contributed by atoms with Crippen molar-refractivity contribution in [3.63, 3.8) is 0 Å². The van der Waals surface area contributed by atoms with Gasteiger partial charge in [-0.25, -0.2) is 4.98 Å². The van der Waals surface area contributed by atoms with Crippen molar-refractivity contribution in [2.45, 2.75) is 19.9 Å². The highest BCUT2D eigenvalue weighted by Crippen LogP contribution is 2.18. The van der Waals surface area contributed by atoms with Crippen LogP contribution < -0.4 is 11.1 Å². The van der Waals surface area contributed by atoms with E-state index >= 15 is 0 Å². The van der Waals surface area contributed by atoms with Gasteiger partial charge in [0.05, 0.1) is 0 Å². The average Bonchev–Trinajstić information content (AvgIpc) is 2.28. The summed E-state index contributed by atoms with van der Waals surface area (Å²) in [7, 11) is 0. The topological polar surface area (TPSA) is 63.8 Å². The molecule has 17 heavy (non-hydrogen) atoms. The largest absolute Gasteiger partial charge is 0.368 e. The maximum absolute atomic E-state index is 5.61. The fraction of sp³-hybridized carbons (Fsp3) is 0.231. The minimum absolute atomic E-state index is 0.185. The van der Waals surface area contributed by atoms with Crippen LogP contribution in [0.3, 0.4) is 0 Å². The molecule has 0 saturated carbocycles. The van der Waals surface area contributed by atoms with Crippen molar-refractivity contribution in [1.82, 2.24) is 9.97 Å². The highest BCUT2D eigenvalue weighted by atomic mass is 15.1. The molecule has 1 aromatic heterocycles. The molecule has 1 heterocycles. The van der Waals surface area contributed by atoms with Gasteiger partial charge in [0.1, 0.15) is 5.82 Å². The lowest BCUT2D eigenvalue weighted by Crippen LogP contribution is -2.09. The van der Waals surface area contributed by atoms with E-state index in [4.69, 9.17) is 5.73 Å². The smallest absolute Gasteiger partial charge is 0.222 e. The molecule has 1 aromatic carbocycles. The van der Waals surface area contributed by atoms with Crippen molar-refractivity contribution in [3.8, 4) is 0 Å². The van der Waals surface area contributed by atoms with Crippen LogP contribution in [-0.2, 0) is 0 Å². The molecular weight excluding hydrogens is 212 g/mol. The molecule has 0 fully saturated rings. The lowest BCUT2D eigenvalue weighted by molar-refractivity contribution is 0.871. The fourth-order valence-corrected chi connectivity index (χ4v) is 1.71. The summed E-state index contributed by atoms with van der Waals surface area (Å²) in [6.45, 7) is 3.99. The molecule has 0 bridgehead atoms. The van der Waals surface area contributed by atoms with Gasteiger partial charge in [0.15, 0.2) is 0 Å². The molecule has 3 N–H and O–H groups in total. The third-order valence-electron chi connectivity index (χ3n) is 2.54. The Morgan fingerprint density at radius 3 is 2.53 bits per heavy atom. The first-order chi connectivity index (χ1) is 8.15. The van der Waals surface area contributed by atoms with E-state index in [0.29, 0.717) is 5.95 Å². The van der Waals surface area contributed by atoms with E-state index in [1.807, 2.05) is 31.2 Å². The first-order valence-corrected chi connectivity index (χ1v) is 5.58. The Balaban J connectivity index is 2.16. The number of rotatable bonds is 3. The van der Waals surface area contributed by atoms with Crippen LogP contribution in [0, 0.1) is 6.92 Å². The number of nitrogens with two attached hydrogens (primary N) is 1. The zero-order valence-corrected chi connectivity index (χ0v) is 10.0. The van der Waals surface area contributed by atoms with Gasteiger partial charge >= 0.3 is 0 Å². The summed E-state index contributed by atoms with van der Waals surface area (Å²) in [5.74, 6) is 1.05. The van der Waals surface area contributed by atoms with Crippen molar-refractivity contribution < 1.29 is 0 Å². The molecule has 2 aromatic rings. The van der Waals surface area contributed by atoms with Crippen molar-refractivity contribution in [2.75, 3.05) is 11.1 Å². The van der Waals surface area contributed by atoms with E-state index in [2.05, 4.69) is 34.3 Å². The zero-order valence-electron chi connectivity index (χ0n) is 10.0. The van der Waals surface area contributed by atoms with Gasteiger partial charge in [-0.05, 0) is 19.4 Å². The number of aromatic nitrogens is 2. The molecule has 0 aliphatic heterocycles. The highest BCUT2D eigenvalue weighted by Gasteiger charge is 2.06. The van der Waals surface area contributed by atoms with E-state index in [-0.39, 0.29) is 6.04 Å². The molecule has 4 heteroatoms. The number of nitrogens with one attached hydrogen (secondary N) is 1. The Bertz CT molecular complexity index is 476. The van der Waals surface area contributed by atoms with E-state index in [1.54, 1.807) is 0 Å². The van der Waals surface area contributed by atoms with Gasteiger partial charge in [0.2, 0.25) is 5.95 Å². The normalized spacial score (nSPS) is 12.1. The van der Waals surface area contributed by atoms with Crippen LogP contribution in [0.4, 0.5) is 11.8 Å². The summed E-state index contributed by atoms with van der Waals surface area (Å²) >= 11 is 0. The summed E-state index contributed by atoms with van der Waals surface area (Å²) in [6.07, 6.45) is 0. The average molecular weight is 228 g/mol. The summed E-state index contributed by atoms with van der Waals surface area (Å²) in [5, 5.41) is 3.31. The molecule has 4 nitrogen and oxygen atoms in total. The van der Waals surface area contributed by atoms with Crippen molar-refractivity contribution in [2.24, 2.45) is 0 Å². The quantitative estimate of drug-likeness (QED) is 0.847. The SMILES string of the molecule is Cc1cc(N[C@@H](C)c2ccccc2)nc(N)n1. The molecule has 1 atom stereocenters. The monoisotopic (exact) mass is 228 g/mol. The van der Waals surface area contributed by atoms with Gasteiger partial charge in [-0.2, -0.15) is 4.98 Å². The van der Waals surface area contributed by atoms with E-state index in [0.717, 1.165) is 11.5 Å². The fourth-order valence-electron chi connectivity index (χ4n) is 1.71. The third-order valence-corrected chi connectivity index (χ3v) is 2.54. The maximum atomic E-state index is 5.61. The molecule has 0 saturated heterocycles. The predicted octanol–water partition coefficient (Wildman–Crippen LogP) is 2.54. The number of hydrogen-bond donors (Lipinski definition) is 2. The van der Waals surface area contributed by atoms with Crippen LogP contribution >= 0.6 is 0 Å². The lowest BCUT2D eigenvalue weighted by Gasteiger charge is -2.15. The third kappa shape index (κ3) is 2.93. The summed E-state index contributed by atoms with van der Waals surface area (Å²) in [4.78, 5) is 8.20. The van der Waals surface area contributed by atoms with Crippen LogP contribution in [0.2, 0.25) is 0 Å². The molecule has 0 amide bonds. The van der Waals surface area contributed by atoms with E-state index in [1.165, 1.54) is 5.56 Å². The molecule has 88 valence electrons. The number of benzene rings is 1. The van der Waals surface area contributed by atoms with Gasteiger partial charge in [-0.1, -0.05) is 30.3 Å². The Labute approximate surface area is 101 Å². The Kier molecular flexibility index (Phi) is 3.23. The maximum Gasteiger partial charge on any atom is 0.222 e. The number of hydrogen-bond acceptors (Lipinski definition) is 4. The first kappa shape index (κ1) is 11.4. The van der Waals surface area contributed by atoms with Gasteiger partial charge in [0, 0.05) is 17.8 Å². The molecule has 0 aliphatic carbocycles. The van der Waals surface area contributed by atoms with E-state index < -0.39 is 0 Å². The first-order valence-electron chi connectivity index (χ1n) is 5.58. The number of nitrogens with zero attached hydrogens (tertiary/aromatic N) is 2. The second-order valence-corrected chi connectivity index (χ2v) is 4.03. The Hall–Kier alpha value is -2.10. The highest BCUT2D eigenvalue weighted by molar-refractivity contribution is 5.42. The van der Waals surface area contributed by atoms with E-state index in [9.17, 15) is 0 Å². The second kappa shape index (κ2) is 4.82. The molecule has 0 unspecified atom stereocenters. The molecule has 2 rings (SSSR count). The van der Waals surface area contributed by atoms with Gasteiger partial charge in [-0.3, -0.25) is 0 Å². The zero-order chi connectivity index (χ0) is 12.3. The van der Waals surface area contributed by atoms with Gasteiger partial charge in [0.25, 0.3) is 0 Å². The standard InChI is InChI=1S/C13H16N4/c1-9-8-12(17-13(14)15-9)16-10(2)11-6-4-3-5-7-11/h3-8,10H,1-2H3,(H3,14,15,16,17)/t10-/m0/s1. The van der Waals surface area contributed by atoms with Gasteiger partial charge < -0.3 is 11.1 Å². The number of aryl methyl sites for hydroxylation is 1. The van der Waals surface area contributed by atoms with Crippen LogP contribution in [0.1, 0.15) is 24.2 Å². The van der Waals surface area contributed by atoms with Crippen LogP contribution in [0.15, 0.2) is 36.4 Å². The Morgan fingerprint density at radius 2 is 1.88 bits per heavy atom. The summed E-state index contributed by atoms with van der Waals surface area (Å²) in [5.41, 5.74) is 7.68. The number of anilines is 2. The van der Waals surface area contributed by atoms with Crippen LogP contribution in [0.5, 0.6) is 0 Å². The summed E-state index contributed by atoms with van der Waals surface area (Å²) in [6, 6.07) is 12.3. The minimum atomic E-state index is 0.185. The van der Waals surface area contributed by atoms with Crippen LogP contribution in [-0.4, -0.2) is 9.97 Å². The van der Waals surface area contributed by atoms with Gasteiger partial charge in [-0.15, -0.1) is 0 Å². The van der Waals surface area contributed by atoms with Crippen molar-refractivity contribution in [1.29, 1.82) is 0 Å². The number of nitrogen functional groups attached to an aromatic ring is 1. The van der Waals surface area contributed by atoms with Crippen molar-refractivity contribution >= 4 is 11.8 Å². The molecule has 0 spiro atoms. The Morgan fingerprint density at radius 1 is 1.18 bits per heavy atom. The van der Waals surface area contributed by atoms with Crippen molar-refractivity contribution in [3.05, 3.63) is 47.7 Å². The predicted molar refractivity (Wildman–Crippen MR) is 69.7 cm³/mol. The lowest BCUT2D eigenvalue weighted by atomic mass is 10.1. The molecule has 0 radical (unpaired) electrons. The second-order valence-electron chi connectivity index (χ2n) is 4.03. The van der Waals surface area contributed by atoms with Crippen LogP contribution in [0.25, 0.3) is 0 Å².